The summed E-state index contributed by atoms with van der Waals surface area (Å²) in [6.45, 7) is 3.76. The van der Waals surface area contributed by atoms with Crippen LogP contribution in [0, 0.1) is 0 Å². The molecule has 2 aromatic rings. The minimum absolute atomic E-state index is 0.117. The first kappa shape index (κ1) is 18.1. The molecule has 0 spiro atoms. The smallest absolute Gasteiger partial charge is 0.243 e. The predicted molar refractivity (Wildman–Crippen MR) is 94.3 cm³/mol. The normalized spacial score (nSPS) is 21.9. The van der Waals surface area contributed by atoms with Crippen LogP contribution < -0.4 is 0 Å². The zero-order valence-electron chi connectivity index (χ0n) is 14.5. The van der Waals surface area contributed by atoms with E-state index in [1.807, 2.05) is 20.2 Å². The maximum Gasteiger partial charge on any atom is 0.243 e. The number of β-amino-alcohol motifs (C(OH)–C–C–N with tert-alkyl or cyclic N) is 1. The summed E-state index contributed by atoms with van der Waals surface area (Å²) in [5.74, 6) is 0. The Balaban J connectivity index is 1.76. The summed E-state index contributed by atoms with van der Waals surface area (Å²) in [5, 5.41) is 14.7. The van der Waals surface area contributed by atoms with Crippen molar-refractivity contribution in [2.45, 2.75) is 30.5 Å². The van der Waals surface area contributed by atoms with Crippen molar-refractivity contribution in [3.63, 3.8) is 0 Å². The van der Waals surface area contributed by atoms with E-state index < -0.39 is 16.1 Å². The van der Waals surface area contributed by atoms with E-state index in [1.54, 1.807) is 41.2 Å². The molecule has 1 aromatic heterocycles. The summed E-state index contributed by atoms with van der Waals surface area (Å²) >= 11 is 0. The standard InChI is InChI=1S/C17H24N4O3S/c1-3-20(11-14-9-18-19(2)10-14)16-12-21(13-17(16)22)25(23,24)15-7-5-4-6-8-15/h4-10,16-17,22H,3,11-13H2,1-2H3/t16-,17-/m0/s1. The van der Waals surface area contributed by atoms with Gasteiger partial charge < -0.3 is 5.11 Å². The van der Waals surface area contributed by atoms with Gasteiger partial charge in [0.05, 0.1) is 23.2 Å². The Morgan fingerprint density at radius 2 is 2.00 bits per heavy atom. The number of sulfonamides is 1. The summed E-state index contributed by atoms with van der Waals surface area (Å²) in [6, 6.07) is 8.14. The molecule has 0 aliphatic carbocycles. The lowest BCUT2D eigenvalue weighted by Crippen LogP contribution is -2.42. The Bertz CT molecular complexity index is 806. The van der Waals surface area contributed by atoms with Crippen LogP contribution in [0.15, 0.2) is 47.6 Å². The van der Waals surface area contributed by atoms with Crippen molar-refractivity contribution in [1.82, 2.24) is 19.0 Å². The van der Waals surface area contributed by atoms with E-state index in [1.165, 1.54) is 4.31 Å². The average molecular weight is 364 g/mol. The van der Waals surface area contributed by atoms with Crippen LogP contribution in [0.3, 0.4) is 0 Å². The van der Waals surface area contributed by atoms with Gasteiger partial charge in [0.1, 0.15) is 0 Å². The molecule has 2 atom stereocenters. The number of likely N-dealkylation sites (N-methyl/N-ethyl adjacent to an activating group) is 1. The second-order valence-electron chi connectivity index (χ2n) is 6.36. The molecule has 7 nitrogen and oxygen atoms in total. The number of rotatable bonds is 6. The van der Waals surface area contributed by atoms with Crippen molar-refractivity contribution >= 4 is 10.0 Å². The van der Waals surface area contributed by atoms with Crippen LogP contribution in [-0.2, 0) is 23.6 Å². The minimum atomic E-state index is -3.58. The maximum absolute atomic E-state index is 12.8. The highest BCUT2D eigenvalue weighted by Gasteiger charge is 2.40. The molecule has 2 heterocycles. The molecule has 0 bridgehead atoms. The number of hydrogen-bond donors (Lipinski definition) is 1. The Morgan fingerprint density at radius 3 is 2.60 bits per heavy atom. The number of benzene rings is 1. The van der Waals surface area contributed by atoms with E-state index in [2.05, 4.69) is 10.00 Å². The highest BCUT2D eigenvalue weighted by atomic mass is 32.2. The van der Waals surface area contributed by atoms with Gasteiger partial charge in [0, 0.05) is 38.4 Å². The first-order valence-corrected chi connectivity index (χ1v) is 9.80. The molecular weight excluding hydrogens is 340 g/mol. The van der Waals surface area contributed by atoms with Crippen LogP contribution in [0.1, 0.15) is 12.5 Å². The van der Waals surface area contributed by atoms with Crippen molar-refractivity contribution < 1.29 is 13.5 Å². The number of hydrogen-bond acceptors (Lipinski definition) is 5. The molecule has 1 N–H and O–H groups in total. The van der Waals surface area contributed by atoms with Crippen LogP contribution >= 0.6 is 0 Å². The molecule has 1 saturated heterocycles. The van der Waals surface area contributed by atoms with Gasteiger partial charge in [-0.05, 0) is 18.7 Å². The van der Waals surface area contributed by atoms with Gasteiger partial charge in [-0.25, -0.2) is 8.42 Å². The molecule has 0 amide bonds. The van der Waals surface area contributed by atoms with E-state index >= 15 is 0 Å². The van der Waals surface area contributed by atoms with E-state index in [-0.39, 0.29) is 24.0 Å². The van der Waals surface area contributed by atoms with Crippen LogP contribution in [0.4, 0.5) is 0 Å². The van der Waals surface area contributed by atoms with Crippen LogP contribution in [-0.4, -0.2) is 64.3 Å². The van der Waals surface area contributed by atoms with Crippen LogP contribution in [0.25, 0.3) is 0 Å². The van der Waals surface area contributed by atoms with E-state index in [0.717, 1.165) is 12.1 Å². The summed E-state index contributed by atoms with van der Waals surface area (Å²) in [7, 11) is -1.73. The highest BCUT2D eigenvalue weighted by Crippen LogP contribution is 2.25. The molecule has 1 aliphatic heterocycles. The van der Waals surface area contributed by atoms with Gasteiger partial charge >= 0.3 is 0 Å². The van der Waals surface area contributed by atoms with Gasteiger partial charge in [-0.3, -0.25) is 9.58 Å². The lowest BCUT2D eigenvalue weighted by atomic mass is 10.1. The number of aryl methyl sites for hydroxylation is 1. The fraction of sp³-hybridized carbons (Fsp3) is 0.471. The lowest BCUT2D eigenvalue weighted by Gasteiger charge is -2.29. The van der Waals surface area contributed by atoms with E-state index in [0.29, 0.717) is 6.54 Å². The largest absolute Gasteiger partial charge is 0.390 e. The molecule has 136 valence electrons. The molecule has 25 heavy (non-hydrogen) atoms. The first-order chi connectivity index (χ1) is 11.9. The van der Waals surface area contributed by atoms with E-state index in [4.69, 9.17) is 0 Å². The summed E-state index contributed by atoms with van der Waals surface area (Å²) in [6.07, 6.45) is 3.01. The summed E-state index contributed by atoms with van der Waals surface area (Å²) in [4.78, 5) is 2.36. The van der Waals surface area contributed by atoms with Crippen LogP contribution in [0.2, 0.25) is 0 Å². The molecule has 8 heteroatoms. The van der Waals surface area contributed by atoms with Gasteiger partial charge in [-0.15, -0.1) is 0 Å². The molecule has 0 radical (unpaired) electrons. The predicted octanol–water partition coefficient (Wildman–Crippen LogP) is 0.676. The zero-order chi connectivity index (χ0) is 18.0. The van der Waals surface area contributed by atoms with Gasteiger partial charge in [0.15, 0.2) is 0 Å². The molecule has 3 rings (SSSR count). The molecular formula is C17H24N4O3S. The quantitative estimate of drug-likeness (QED) is 0.815. The third kappa shape index (κ3) is 3.77. The number of aliphatic hydroxyl groups excluding tert-OH is 1. The van der Waals surface area contributed by atoms with Crippen molar-refractivity contribution in [2.75, 3.05) is 19.6 Å². The topological polar surface area (TPSA) is 78.7 Å². The summed E-state index contributed by atoms with van der Waals surface area (Å²) < 4.78 is 28.7. The average Bonchev–Trinajstić information content (AvgIpc) is 3.19. The zero-order valence-corrected chi connectivity index (χ0v) is 15.3. The second-order valence-corrected chi connectivity index (χ2v) is 8.29. The molecule has 0 saturated carbocycles. The van der Waals surface area contributed by atoms with Crippen molar-refractivity contribution in [3.05, 3.63) is 48.3 Å². The van der Waals surface area contributed by atoms with Gasteiger partial charge in [-0.1, -0.05) is 25.1 Å². The Kier molecular flexibility index (Phi) is 5.24. The monoisotopic (exact) mass is 364 g/mol. The fourth-order valence-electron chi connectivity index (χ4n) is 3.28. The van der Waals surface area contributed by atoms with Crippen LogP contribution in [0.5, 0.6) is 0 Å². The summed E-state index contributed by atoms with van der Waals surface area (Å²) in [5.41, 5.74) is 1.04. The molecule has 1 aliphatic rings. The first-order valence-electron chi connectivity index (χ1n) is 8.36. The fourth-order valence-corrected chi connectivity index (χ4v) is 4.78. The van der Waals surface area contributed by atoms with Gasteiger partial charge in [0.2, 0.25) is 10.0 Å². The van der Waals surface area contributed by atoms with Gasteiger partial charge in [-0.2, -0.15) is 9.40 Å². The second kappa shape index (κ2) is 7.25. The third-order valence-corrected chi connectivity index (χ3v) is 6.47. The Hall–Kier alpha value is -1.74. The molecule has 0 unspecified atom stereocenters. The Morgan fingerprint density at radius 1 is 1.28 bits per heavy atom. The molecule has 1 fully saturated rings. The Labute approximate surface area is 148 Å². The number of nitrogens with zero attached hydrogens (tertiary/aromatic N) is 4. The number of aliphatic hydroxyl groups is 1. The van der Waals surface area contributed by atoms with E-state index in [9.17, 15) is 13.5 Å². The maximum atomic E-state index is 12.8. The van der Waals surface area contributed by atoms with Crippen molar-refractivity contribution in [3.8, 4) is 0 Å². The third-order valence-electron chi connectivity index (χ3n) is 4.63. The van der Waals surface area contributed by atoms with Crippen molar-refractivity contribution in [1.29, 1.82) is 0 Å². The number of aromatic nitrogens is 2. The lowest BCUT2D eigenvalue weighted by molar-refractivity contribution is 0.0817. The highest BCUT2D eigenvalue weighted by molar-refractivity contribution is 7.89. The minimum Gasteiger partial charge on any atom is -0.390 e. The SMILES string of the molecule is CCN(Cc1cnn(C)c1)[C@H]1CN(S(=O)(=O)c2ccccc2)C[C@@H]1O. The molecule has 1 aromatic carbocycles. The van der Waals surface area contributed by atoms with Gasteiger partial charge in [0.25, 0.3) is 0 Å². The van der Waals surface area contributed by atoms with Crippen molar-refractivity contribution in [2.24, 2.45) is 7.05 Å².